The first-order valence-corrected chi connectivity index (χ1v) is 9.29. The van der Waals surface area contributed by atoms with Gasteiger partial charge < -0.3 is 0 Å². The van der Waals surface area contributed by atoms with Crippen molar-refractivity contribution >= 4 is 34.4 Å². The summed E-state index contributed by atoms with van der Waals surface area (Å²) in [6.45, 7) is 1.93. The van der Waals surface area contributed by atoms with Gasteiger partial charge in [-0.2, -0.15) is 5.10 Å². The second-order valence-electron chi connectivity index (χ2n) is 5.93. The molecule has 0 atom stereocenters. The number of para-hydroxylation sites is 1. The Labute approximate surface area is 160 Å². The minimum absolute atomic E-state index is 0.283. The number of carbonyl (C=O) groups is 1. The number of benzene rings is 2. The highest BCUT2D eigenvalue weighted by Crippen LogP contribution is 2.24. The van der Waals surface area contributed by atoms with Crippen LogP contribution in [0.3, 0.4) is 0 Å². The van der Waals surface area contributed by atoms with Gasteiger partial charge in [-0.1, -0.05) is 48.5 Å². The first-order chi connectivity index (χ1) is 13.2. The van der Waals surface area contributed by atoms with Crippen molar-refractivity contribution in [3.63, 3.8) is 0 Å². The van der Waals surface area contributed by atoms with Gasteiger partial charge in [0.2, 0.25) is 0 Å². The van der Waals surface area contributed by atoms with Gasteiger partial charge in [-0.15, -0.1) is 11.3 Å². The molecule has 2 aromatic carbocycles. The Morgan fingerprint density at radius 1 is 1.07 bits per heavy atom. The monoisotopic (exact) mass is 372 g/mol. The molecule has 1 amide bonds. The van der Waals surface area contributed by atoms with Crippen LogP contribution in [0.5, 0.6) is 0 Å². The standard InChI is InChI=1S/C21H16N4OS/c1-14-23-16(13-27-14)12-22-25-21(26)18-11-20(15-7-3-2-4-8-15)24-19-10-6-5-9-17(18)19/h2-13H,1H3,(H,25,26)/b22-12-. The topological polar surface area (TPSA) is 67.2 Å². The third-order valence-corrected chi connectivity index (χ3v) is 4.82. The number of nitrogens with zero attached hydrogens (tertiary/aromatic N) is 3. The maximum atomic E-state index is 12.8. The van der Waals surface area contributed by atoms with Crippen LogP contribution < -0.4 is 5.43 Å². The van der Waals surface area contributed by atoms with E-state index < -0.39 is 0 Å². The Morgan fingerprint density at radius 2 is 1.85 bits per heavy atom. The minimum atomic E-state index is -0.283. The lowest BCUT2D eigenvalue weighted by Crippen LogP contribution is -2.18. The quantitative estimate of drug-likeness (QED) is 0.426. The molecule has 0 spiro atoms. The molecule has 2 heterocycles. The summed E-state index contributed by atoms with van der Waals surface area (Å²) in [5, 5.41) is 7.67. The lowest BCUT2D eigenvalue weighted by Gasteiger charge is -2.09. The average molecular weight is 372 g/mol. The van der Waals surface area contributed by atoms with Gasteiger partial charge in [-0.3, -0.25) is 4.79 Å². The van der Waals surface area contributed by atoms with Gasteiger partial charge in [-0.05, 0) is 19.1 Å². The number of thiazole rings is 1. The second-order valence-corrected chi connectivity index (χ2v) is 6.99. The van der Waals surface area contributed by atoms with Crippen LogP contribution in [0.2, 0.25) is 0 Å². The SMILES string of the molecule is Cc1nc(/C=N\NC(=O)c2cc(-c3ccccc3)nc3ccccc23)cs1. The molecule has 4 rings (SSSR count). The Bertz CT molecular complexity index is 1140. The van der Waals surface area contributed by atoms with E-state index in [0.29, 0.717) is 5.56 Å². The van der Waals surface area contributed by atoms with E-state index in [2.05, 4.69) is 15.5 Å². The Kier molecular flexibility index (Phi) is 4.72. The van der Waals surface area contributed by atoms with E-state index in [1.54, 1.807) is 12.3 Å². The van der Waals surface area contributed by atoms with Crippen molar-refractivity contribution in [1.82, 2.24) is 15.4 Å². The minimum Gasteiger partial charge on any atom is -0.267 e. The van der Waals surface area contributed by atoms with Crippen molar-refractivity contribution in [2.45, 2.75) is 6.92 Å². The summed E-state index contributed by atoms with van der Waals surface area (Å²) in [5.74, 6) is -0.283. The summed E-state index contributed by atoms with van der Waals surface area (Å²) in [5.41, 5.74) is 6.33. The third kappa shape index (κ3) is 3.75. The maximum absolute atomic E-state index is 12.8. The number of fused-ring (bicyclic) bond motifs is 1. The molecule has 0 unspecified atom stereocenters. The molecule has 0 bridgehead atoms. The van der Waals surface area contributed by atoms with Crippen LogP contribution in [0.1, 0.15) is 21.1 Å². The van der Waals surface area contributed by atoms with Gasteiger partial charge in [0.05, 0.1) is 33.7 Å². The first-order valence-electron chi connectivity index (χ1n) is 8.41. The number of aryl methyl sites for hydroxylation is 1. The van der Waals surface area contributed by atoms with Gasteiger partial charge in [0.25, 0.3) is 5.91 Å². The van der Waals surface area contributed by atoms with Gasteiger partial charge in [0.15, 0.2) is 0 Å². The smallest absolute Gasteiger partial charge is 0.267 e. The van der Waals surface area contributed by atoms with E-state index in [0.717, 1.165) is 32.9 Å². The molecule has 6 heteroatoms. The largest absolute Gasteiger partial charge is 0.272 e. The van der Waals surface area contributed by atoms with Crippen LogP contribution in [-0.4, -0.2) is 22.1 Å². The summed E-state index contributed by atoms with van der Waals surface area (Å²) in [7, 11) is 0. The van der Waals surface area contributed by atoms with Gasteiger partial charge in [-0.25, -0.2) is 15.4 Å². The highest BCUT2D eigenvalue weighted by molar-refractivity contribution is 7.09. The molecule has 0 aliphatic rings. The molecule has 0 saturated carbocycles. The fraction of sp³-hybridized carbons (Fsp3) is 0.0476. The molecule has 2 aromatic heterocycles. The molecule has 0 aliphatic carbocycles. The molecule has 1 N–H and O–H groups in total. The molecule has 0 fully saturated rings. The Hall–Kier alpha value is -3.38. The number of hydrogen-bond donors (Lipinski definition) is 1. The fourth-order valence-electron chi connectivity index (χ4n) is 2.78. The van der Waals surface area contributed by atoms with Crippen molar-refractivity contribution in [2.24, 2.45) is 5.10 Å². The fourth-order valence-corrected chi connectivity index (χ4v) is 3.34. The predicted octanol–water partition coefficient (Wildman–Crippen LogP) is 4.43. The average Bonchev–Trinajstić information content (AvgIpc) is 3.12. The lowest BCUT2D eigenvalue weighted by molar-refractivity contribution is 0.0957. The number of hydrazone groups is 1. The number of hydrogen-bond acceptors (Lipinski definition) is 5. The van der Waals surface area contributed by atoms with E-state index in [1.165, 1.54) is 11.3 Å². The number of carbonyl (C=O) groups excluding carboxylic acids is 1. The van der Waals surface area contributed by atoms with E-state index in [9.17, 15) is 4.79 Å². The van der Waals surface area contributed by atoms with E-state index in [4.69, 9.17) is 4.98 Å². The summed E-state index contributed by atoms with van der Waals surface area (Å²) in [6.07, 6.45) is 1.54. The van der Waals surface area contributed by atoms with Crippen LogP contribution in [0.15, 0.2) is 71.1 Å². The summed E-state index contributed by atoms with van der Waals surface area (Å²) in [4.78, 5) is 21.8. The third-order valence-electron chi connectivity index (χ3n) is 4.03. The zero-order valence-electron chi connectivity index (χ0n) is 14.6. The van der Waals surface area contributed by atoms with Gasteiger partial charge in [0.1, 0.15) is 0 Å². The normalized spacial score (nSPS) is 11.1. The molecular formula is C21H16N4OS. The Balaban J connectivity index is 1.69. The van der Waals surface area contributed by atoms with Gasteiger partial charge in [0, 0.05) is 16.3 Å². The van der Waals surface area contributed by atoms with Crippen LogP contribution in [0.25, 0.3) is 22.2 Å². The van der Waals surface area contributed by atoms with Crippen molar-refractivity contribution < 1.29 is 4.79 Å². The zero-order valence-corrected chi connectivity index (χ0v) is 15.4. The van der Waals surface area contributed by atoms with Crippen molar-refractivity contribution in [3.8, 4) is 11.3 Å². The van der Waals surface area contributed by atoms with Crippen molar-refractivity contribution in [3.05, 3.63) is 82.3 Å². The number of pyridine rings is 1. The lowest BCUT2D eigenvalue weighted by atomic mass is 10.0. The molecular weight excluding hydrogens is 356 g/mol. The molecule has 0 radical (unpaired) electrons. The number of aromatic nitrogens is 2. The summed E-state index contributed by atoms with van der Waals surface area (Å²) in [6, 6.07) is 19.2. The molecule has 0 aliphatic heterocycles. The number of amides is 1. The van der Waals surface area contributed by atoms with E-state index in [1.807, 2.05) is 66.9 Å². The highest BCUT2D eigenvalue weighted by atomic mass is 32.1. The highest BCUT2D eigenvalue weighted by Gasteiger charge is 2.13. The maximum Gasteiger partial charge on any atom is 0.272 e. The van der Waals surface area contributed by atoms with Crippen molar-refractivity contribution in [2.75, 3.05) is 0 Å². The molecule has 132 valence electrons. The van der Waals surface area contributed by atoms with E-state index in [-0.39, 0.29) is 5.91 Å². The summed E-state index contributed by atoms with van der Waals surface area (Å²) >= 11 is 1.54. The van der Waals surface area contributed by atoms with Crippen LogP contribution in [-0.2, 0) is 0 Å². The molecule has 5 nitrogen and oxygen atoms in total. The summed E-state index contributed by atoms with van der Waals surface area (Å²) < 4.78 is 0. The molecule has 0 saturated heterocycles. The second kappa shape index (κ2) is 7.47. The van der Waals surface area contributed by atoms with Crippen LogP contribution >= 0.6 is 11.3 Å². The van der Waals surface area contributed by atoms with Crippen LogP contribution in [0, 0.1) is 6.92 Å². The predicted molar refractivity (Wildman–Crippen MR) is 109 cm³/mol. The van der Waals surface area contributed by atoms with Crippen molar-refractivity contribution in [1.29, 1.82) is 0 Å². The zero-order chi connectivity index (χ0) is 18.6. The molecule has 4 aromatic rings. The van der Waals surface area contributed by atoms with E-state index >= 15 is 0 Å². The first kappa shape index (κ1) is 17.1. The number of rotatable bonds is 4. The number of nitrogens with one attached hydrogen (secondary N) is 1. The molecule has 27 heavy (non-hydrogen) atoms. The Morgan fingerprint density at radius 3 is 2.63 bits per heavy atom. The van der Waals surface area contributed by atoms with Gasteiger partial charge >= 0.3 is 0 Å². The van der Waals surface area contributed by atoms with Crippen LogP contribution in [0.4, 0.5) is 0 Å².